The number of nitrogens with one attached hydrogen (secondary N) is 2. The Balaban J connectivity index is 1.45. The maximum absolute atomic E-state index is 14.7. The van der Waals surface area contributed by atoms with Crippen LogP contribution in [-0.4, -0.2) is 29.5 Å². The lowest BCUT2D eigenvalue weighted by Crippen LogP contribution is -2.39. The van der Waals surface area contributed by atoms with E-state index in [1.165, 1.54) is 23.5 Å². The summed E-state index contributed by atoms with van der Waals surface area (Å²) in [6.07, 6.45) is 0.818. The summed E-state index contributed by atoms with van der Waals surface area (Å²) >= 11 is 7.17. The van der Waals surface area contributed by atoms with Crippen LogP contribution in [0.2, 0.25) is 5.02 Å². The number of hydrogen-bond acceptors (Lipinski definition) is 6. The molecule has 1 fully saturated rings. The van der Waals surface area contributed by atoms with E-state index in [-0.39, 0.29) is 24.0 Å². The first-order valence-electron chi connectivity index (χ1n) is 9.64. The Morgan fingerprint density at radius 3 is 3.03 bits per heavy atom. The molecule has 0 bridgehead atoms. The third-order valence-corrected chi connectivity index (χ3v) is 6.59. The van der Waals surface area contributed by atoms with Crippen molar-refractivity contribution < 1.29 is 28.0 Å². The minimum absolute atomic E-state index is 0.119. The van der Waals surface area contributed by atoms with E-state index >= 15 is 0 Å². The Morgan fingerprint density at radius 2 is 2.26 bits per heavy atom. The fraction of sp³-hybridized carbons (Fsp3) is 0.400. The molecule has 1 aromatic carbocycles. The van der Waals surface area contributed by atoms with Crippen molar-refractivity contribution in [3.05, 3.63) is 55.7 Å². The first-order chi connectivity index (χ1) is 14.8. The summed E-state index contributed by atoms with van der Waals surface area (Å²) in [5.41, 5.74) is 3.74. The van der Waals surface area contributed by atoms with E-state index in [9.17, 15) is 18.4 Å². The van der Waals surface area contributed by atoms with Gasteiger partial charge in [-0.15, -0.1) is 11.3 Å². The molecule has 0 saturated carbocycles. The molecule has 1 atom stereocenters. The molecule has 7 nitrogen and oxygen atoms in total. The normalized spacial score (nSPS) is 19.3. The molecule has 0 unspecified atom stereocenters. The van der Waals surface area contributed by atoms with Crippen LogP contribution in [0.4, 0.5) is 8.78 Å². The Bertz CT molecular complexity index is 1010. The van der Waals surface area contributed by atoms with Crippen molar-refractivity contribution in [1.82, 2.24) is 15.9 Å². The fourth-order valence-electron chi connectivity index (χ4n) is 3.56. The van der Waals surface area contributed by atoms with Gasteiger partial charge in [0.25, 0.3) is 11.8 Å². The summed E-state index contributed by atoms with van der Waals surface area (Å²) < 4.78 is 29.3. The molecule has 2 N–H and O–H groups in total. The lowest BCUT2D eigenvalue weighted by Gasteiger charge is -2.25. The van der Waals surface area contributed by atoms with Gasteiger partial charge in [-0.1, -0.05) is 29.4 Å². The van der Waals surface area contributed by atoms with Gasteiger partial charge in [0.05, 0.1) is 30.3 Å². The number of carbonyl (C=O) groups is 2. The number of halogens is 3. The molecule has 0 radical (unpaired) electrons. The second kappa shape index (κ2) is 8.79. The van der Waals surface area contributed by atoms with Crippen molar-refractivity contribution in [3.63, 3.8) is 0 Å². The smallest absolute Gasteiger partial charge is 0.346 e. The molecule has 2 aliphatic rings. The van der Waals surface area contributed by atoms with Crippen molar-refractivity contribution in [2.45, 2.75) is 45.0 Å². The van der Waals surface area contributed by atoms with Crippen LogP contribution in [-0.2, 0) is 33.5 Å². The topological polar surface area (TPSA) is 79.9 Å². The van der Waals surface area contributed by atoms with Crippen LogP contribution >= 0.6 is 22.9 Å². The highest BCUT2D eigenvalue weighted by Gasteiger charge is 2.43. The second-order valence-electron chi connectivity index (χ2n) is 7.37. The van der Waals surface area contributed by atoms with Gasteiger partial charge in [0, 0.05) is 21.4 Å². The van der Waals surface area contributed by atoms with Gasteiger partial charge in [-0.3, -0.25) is 19.3 Å². The van der Waals surface area contributed by atoms with E-state index in [1.807, 2.05) is 0 Å². The summed E-state index contributed by atoms with van der Waals surface area (Å²) in [4.78, 5) is 37.6. The monoisotopic (exact) mass is 471 g/mol. The Kier molecular flexibility index (Phi) is 6.27. The zero-order valence-corrected chi connectivity index (χ0v) is 18.1. The quantitative estimate of drug-likeness (QED) is 0.696. The minimum Gasteiger partial charge on any atom is -0.346 e. The molecule has 11 heteroatoms. The van der Waals surface area contributed by atoms with Gasteiger partial charge in [-0.05, 0) is 31.4 Å². The van der Waals surface area contributed by atoms with E-state index in [0.717, 1.165) is 6.07 Å². The number of thiophene rings is 1. The first-order valence-corrected chi connectivity index (χ1v) is 10.9. The number of carbonyl (C=O) groups excluding carboxylic acids is 2. The molecule has 2 amide bonds. The van der Waals surface area contributed by atoms with Crippen molar-refractivity contribution in [2.24, 2.45) is 0 Å². The van der Waals surface area contributed by atoms with Crippen molar-refractivity contribution in [1.29, 1.82) is 0 Å². The summed E-state index contributed by atoms with van der Waals surface area (Å²) in [7, 11) is 0. The SMILES string of the molecule is Cc1ccc(C(F)(F)C(=O)NCc2scc3c2CN([C@@H]2CCCONO2)C3=O)c(Cl)c1. The second-order valence-corrected chi connectivity index (χ2v) is 8.74. The predicted molar refractivity (Wildman–Crippen MR) is 109 cm³/mol. The number of amides is 2. The number of benzene rings is 1. The number of hydrogen-bond donors (Lipinski definition) is 2. The number of fused-ring (bicyclic) bond motifs is 1. The van der Waals surface area contributed by atoms with Gasteiger partial charge in [-0.2, -0.15) is 8.78 Å². The zero-order valence-electron chi connectivity index (χ0n) is 16.5. The average molecular weight is 472 g/mol. The van der Waals surface area contributed by atoms with Gasteiger partial charge in [0.2, 0.25) is 0 Å². The molecular formula is C20H20ClF2N3O4S. The van der Waals surface area contributed by atoms with Crippen molar-refractivity contribution in [2.75, 3.05) is 6.61 Å². The van der Waals surface area contributed by atoms with E-state index in [2.05, 4.69) is 11.0 Å². The lowest BCUT2D eigenvalue weighted by molar-refractivity contribution is -0.207. The van der Waals surface area contributed by atoms with Crippen LogP contribution in [0, 0.1) is 6.92 Å². The first kappa shape index (κ1) is 22.1. The number of aryl methyl sites for hydroxylation is 1. The fourth-order valence-corrected chi connectivity index (χ4v) is 4.89. The largest absolute Gasteiger partial charge is 0.351 e. The van der Waals surface area contributed by atoms with E-state index in [4.69, 9.17) is 21.3 Å². The number of nitrogens with zero attached hydrogens (tertiary/aromatic N) is 1. The van der Waals surface area contributed by atoms with Crippen LogP contribution in [0.5, 0.6) is 0 Å². The number of rotatable bonds is 5. The summed E-state index contributed by atoms with van der Waals surface area (Å²) in [5.74, 6) is -5.43. The highest BCUT2D eigenvalue weighted by molar-refractivity contribution is 7.10. The van der Waals surface area contributed by atoms with Crippen LogP contribution in [0.1, 0.15) is 44.8 Å². The molecule has 31 heavy (non-hydrogen) atoms. The standard InChI is InChI=1S/C20H20ClF2N3O4S/c1-11-4-5-14(15(21)7-11)20(22,23)19(28)24-8-16-12-9-26(18(27)13(12)10-31-16)17-3-2-6-29-25-30-17/h4-5,7,10,17,25H,2-3,6,8-9H2,1H3,(H,24,28)/t17-/m0/s1. The highest BCUT2D eigenvalue weighted by Crippen LogP contribution is 2.36. The third kappa shape index (κ3) is 4.31. The molecule has 0 aliphatic carbocycles. The molecule has 4 rings (SSSR count). The molecule has 1 saturated heterocycles. The summed E-state index contributed by atoms with van der Waals surface area (Å²) in [5, 5.41) is 3.79. The molecule has 166 valence electrons. The van der Waals surface area contributed by atoms with Crippen LogP contribution in [0.25, 0.3) is 0 Å². The zero-order chi connectivity index (χ0) is 22.2. The predicted octanol–water partition coefficient (Wildman–Crippen LogP) is 3.65. The highest BCUT2D eigenvalue weighted by atomic mass is 35.5. The molecule has 1 aromatic heterocycles. The molecular weight excluding hydrogens is 452 g/mol. The number of alkyl halides is 2. The molecule has 0 spiro atoms. The van der Waals surface area contributed by atoms with Gasteiger partial charge in [0.15, 0.2) is 6.23 Å². The molecule has 3 heterocycles. The Morgan fingerprint density at radius 1 is 1.45 bits per heavy atom. The van der Waals surface area contributed by atoms with E-state index in [0.29, 0.717) is 41.0 Å². The molecule has 2 aromatic rings. The summed E-state index contributed by atoms with van der Waals surface area (Å²) in [6, 6.07) is 4.02. The minimum atomic E-state index is -3.78. The van der Waals surface area contributed by atoms with Crippen molar-refractivity contribution >= 4 is 34.8 Å². The Labute approximate surface area is 186 Å². The van der Waals surface area contributed by atoms with Gasteiger partial charge in [-0.25, -0.2) is 0 Å². The van der Waals surface area contributed by atoms with Crippen LogP contribution < -0.4 is 11.0 Å². The average Bonchev–Trinajstić information content (AvgIpc) is 3.13. The van der Waals surface area contributed by atoms with Gasteiger partial charge >= 0.3 is 5.92 Å². The maximum Gasteiger partial charge on any atom is 0.351 e. The van der Waals surface area contributed by atoms with E-state index < -0.39 is 23.6 Å². The van der Waals surface area contributed by atoms with Gasteiger partial charge < -0.3 is 10.2 Å². The Hall–Kier alpha value is -2.11. The maximum atomic E-state index is 14.7. The lowest BCUT2D eigenvalue weighted by atomic mass is 10.1. The van der Waals surface area contributed by atoms with Crippen LogP contribution in [0.15, 0.2) is 23.6 Å². The van der Waals surface area contributed by atoms with Crippen LogP contribution in [0.3, 0.4) is 0 Å². The van der Waals surface area contributed by atoms with Crippen molar-refractivity contribution in [3.8, 4) is 0 Å². The van der Waals surface area contributed by atoms with E-state index in [1.54, 1.807) is 17.2 Å². The summed E-state index contributed by atoms with van der Waals surface area (Å²) in [6.45, 7) is 2.34. The van der Waals surface area contributed by atoms with Gasteiger partial charge in [0.1, 0.15) is 0 Å². The molecule has 2 aliphatic heterocycles. The third-order valence-electron chi connectivity index (χ3n) is 5.25.